The van der Waals surface area contributed by atoms with Gasteiger partial charge in [-0.2, -0.15) is 0 Å². The summed E-state index contributed by atoms with van der Waals surface area (Å²) in [6, 6.07) is 15.3. The minimum absolute atomic E-state index is 0.131. The van der Waals surface area contributed by atoms with Crippen molar-refractivity contribution in [3.05, 3.63) is 64.7 Å². The summed E-state index contributed by atoms with van der Waals surface area (Å²) >= 11 is 5.91. The van der Waals surface area contributed by atoms with E-state index in [9.17, 15) is 4.79 Å². The summed E-state index contributed by atoms with van der Waals surface area (Å²) < 4.78 is 0. The van der Waals surface area contributed by atoms with Crippen molar-refractivity contribution in [3.63, 3.8) is 0 Å². The molecule has 0 aliphatic carbocycles. The van der Waals surface area contributed by atoms with E-state index in [1.807, 2.05) is 31.2 Å². The van der Waals surface area contributed by atoms with Crippen LogP contribution in [0.4, 0.5) is 10.5 Å². The first-order valence-electron chi connectivity index (χ1n) is 7.25. The maximum absolute atomic E-state index is 12.1. The van der Waals surface area contributed by atoms with Crippen molar-refractivity contribution in [1.82, 2.24) is 5.32 Å². The van der Waals surface area contributed by atoms with Crippen molar-refractivity contribution in [2.45, 2.75) is 26.2 Å². The molecule has 0 unspecified atom stereocenters. The molecular formula is C18H21ClN2O. The number of rotatable bonds is 4. The molecule has 2 rings (SSSR count). The first-order valence-corrected chi connectivity index (χ1v) is 7.63. The normalized spacial score (nSPS) is 11.1. The van der Waals surface area contributed by atoms with Gasteiger partial charge in [-0.05, 0) is 36.2 Å². The van der Waals surface area contributed by atoms with Crippen LogP contribution in [0, 0.1) is 6.92 Å². The second-order valence-electron chi connectivity index (χ2n) is 6.02. The second-order valence-corrected chi connectivity index (χ2v) is 6.45. The Morgan fingerprint density at radius 2 is 1.82 bits per heavy atom. The Hall–Kier alpha value is -2.00. The summed E-state index contributed by atoms with van der Waals surface area (Å²) in [7, 11) is 0. The molecular weight excluding hydrogens is 296 g/mol. The number of anilines is 1. The molecule has 0 aliphatic rings. The van der Waals surface area contributed by atoms with Gasteiger partial charge in [-0.1, -0.05) is 55.8 Å². The molecule has 0 spiro atoms. The molecule has 116 valence electrons. The van der Waals surface area contributed by atoms with Crippen LogP contribution in [0.1, 0.15) is 25.0 Å². The van der Waals surface area contributed by atoms with Crippen LogP contribution in [0.25, 0.3) is 0 Å². The van der Waals surface area contributed by atoms with E-state index in [1.54, 1.807) is 12.1 Å². The van der Waals surface area contributed by atoms with Crippen LogP contribution in [0.15, 0.2) is 48.5 Å². The Kier molecular flexibility index (Phi) is 5.09. The molecule has 2 N–H and O–H groups in total. The lowest BCUT2D eigenvalue weighted by Crippen LogP contribution is -2.39. The van der Waals surface area contributed by atoms with Crippen LogP contribution in [0.2, 0.25) is 5.02 Å². The highest BCUT2D eigenvalue weighted by Crippen LogP contribution is 2.22. The molecule has 4 heteroatoms. The van der Waals surface area contributed by atoms with Gasteiger partial charge < -0.3 is 10.6 Å². The van der Waals surface area contributed by atoms with Gasteiger partial charge in [-0.25, -0.2) is 4.79 Å². The number of carbonyl (C=O) groups is 1. The fourth-order valence-electron chi connectivity index (χ4n) is 2.23. The third-order valence-electron chi connectivity index (χ3n) is 3.68. The first kappa shape index (κ1) is 16.4. The van der Waals surface area contributed by atoms with Crippen molar-refractivity contribution in [3.8, 4) is 0 Å². The Labute approximate surface area is 136 Å². The monoisotopic (exact) mass is 316 g/mol. The van der Waals surface area contributed by atoms with Crippen LogP contribution >= 0.6 is 11.6 Å². The molecule has 0 saturated carbocycles. The van der Waals surface area contributed by atoms with Gasteiger partial charge in [0.2, 0.25) is 0 Å². The van der Waals surface area contributed by atoms with Crippen molar-refractivity contribution >= 4 is 23.3 Å². The molecule has 0 fully saturated rings. The number of benzene rings is 2. The third-order valence-corrected chi connectivity index (χ3v) is 3.92. The molecule has 2 aromatic carbocycles. The molecule has 2 amide bonds. The summed E-state index contributed by atoms with van der Waals surface area (Å²) in [5, 5.41) is 6.44. The largest absolute Gasteiger partial charge is 0.337 e. The maximum Gasteiger partial charge on any atom is 0.319 e. The van der Waals surface area contributed by atoms with Gasteiger partial charge in [0.15, 0.2) is 0 Å². The first-order chi connectivity index (χ1) is 10.4. The number of amides is 2. The lowest BCUT2D eigenvalue weighted by atomic mass is 9.85. The van der Waals surface area contributed by atoms with E-state index in [1.165, 1.54) is 5.56 Å². The number of carbonyl (C=O) groups excluding carboxylic acids is 1. The SMILES string of the molecule is Cc1cc(Cl)ccc1NC(=O)NCC(C)(C)c1ccccc1. The summed E-state index contributed by atoms with van der Waals surface area (Å²) in [6.07, 6.45) is 0. The van der Waals surface area contributed by atoms with Crippen LogP contribution in [-0.2, 0) is 5.41 Å². The quantitative estimate of drug-likeness (QED) is 0.839. The molecule has 0 saturated heterocycles. The smallest absolute Gasteiger partial charge is 0.319 e. The molecule has 0 atom stereocenters. The van der Waals surface area contributed by atoms with E-state index >= 15 is 0 Å². The molecule has 0 bridgehead atoms. The molecule has 22 heavy (non-hydrogen) atoms. The highest BCUT2D eigenvalue weighted by Gasteiger charge is 2.21. The van der Waals surface area contributed by atoms with E-state index in [4.69, 9.17) is 11.6 Å². The van der Waals surface area contributed by atoms with E-state index in [-0.39, 0.29) is 11.4 Å². The molecule has 0 aromatic heterocycles. The Bertz CT molecular complexity index is 653. The van der Waals surface area contributed by atoms with Gasteiger partial charge in [0.1, 0.15) is 0 Å². The van der Waals surface area contributed by atoms with E-state index < -0.39 is 0 Å². The fraction of sp³-hybridized carbons (Fsp3) is 0.278. The third kappa shape index (κ3) is 4.25. The van der Waals surface area contributed by atoms with Gasteiger partial charge in [0, 0.05) is 22.7 Å². The van der Waals surface area contributed by atoms with Gasteiger partial charge in [-0.15, -0.1) is 0 Å². The molecule has 0 heterocycles. The lowest BCUT2D eigenvalue weighted by molar-refractivity contribution is 0.249. The number of hydrogen-bond donors (Lipinski definition) is 2. The summed E-state index contributed by atoms with van der Waals surface area (Å²) in [5.41, 5.74) is 2.76. The van der Waals surface area contributed by atoms with Crippen LogP contribution < -0.4 is 10.6 Å². The minimum atomic E-state index is -0.213. The van der Waals surface area contributed by atoms with Gasteiger partial charge >= 0.3 is 6.03 Å². The zero-order valence-corrected chi connectivity index (χ0v) is 13.9. The van der Waals surface area contributed by atoms with Crippen LogP contribution in [0.3, 0.4) is 0 Å². The number of aryl methyl sites for hydroxylation is 1. The second kappa shape index (κ2) is 6.84. The van der Waals surface area contributed by atoms with Gasteiger partial charge in [0.25, 0.3) is 0 Å². The van der Waals surface area contributed by atoms with Gasteiger partial charge in [-0.3, -0.25) is 0 Å². The summed E-state index contributed by atoms with van der Waals surface area (Å²) in [6.45, 7) is 6.68. The molecule has 0 aliphatic heterocycles. The standard InChI is InChI=1S/C18H21ClN2O/c1-13-11-15(19)9-10-16(13)21-17(22)20-12-18(2,3)14-7-5-4-6-8-14/h4-11H,12H2,1-3H3,(H2,20,21,22). The molecule has 3 nitrogen and oxygen atoms in total. The van der Waals surface area contributed by atoms with Crippen molar-refractivity contribution in [1.29, 1.82) is 0 Å². The number of hydrogen-bond acceptors (Lipinski definition) is 1. The zero-order valence-electron chi connectivity index (χ0n) is 13.1. The predicted octanol–water partition coefficient (Wildman–Crippen LogP) is 4.75. The highest BCUT2D eigenvalue weighted by molar-refractivity contribution is 6.30. The fourth-order valence-corrected chi connectivity index (χ4v) is 2.45. The summed E-state index contributed by atoms with van der Waals surface area (Å²) in [4.78, 5) is 12.1. The minimum Gasteiger partial charge on any atom is -0.337 e. The highest BCUT2D eigenvalue weighted by atomic mass is 35.5. The van der Waals surface area contributed by atoms with Crippen molar-refractivity contribution in [2.75, 3.05) is 11.9 Å². The zero-order chi connectivity index (χ0) is 16.2. The Morgan fingerprint density at radius 1 is 1.14 bits per heavy atom. The topological polar surface area (TPSA) is 41.1 Å². The number of nitrogens with one attached hydrogen (secondary N) is 2. The lowest BCUT2D eigenvalue weighted by Gasteiger charge is -2.25. The van der Waals surface area contributed by atoms with Crippen molar-refractivity contribution in [2.24, 2.45) is 0 Å². The van der Waals surface area contributed by atoms with Crippen molar-refractivity contribution < 1.29 is 4.79 Å². The average molecular weight is 317 g/mol. The predicted molar refractivity (Wildman–Crippen MR) is 92.7 cm³/mol. The molecule has 2 aromatic rings. The van der Waals surface area contributed by atoms with Gasteiger partial charge in [0.05, 0.1) is 0 Å². The summed E-state index contributed by atoms with van der Waals surface area (Å²) in [5.74, 6) is 0. The Balaban J connectivity index is 1.95. The number of urea groups is 1. The average Bonchev–Trinajstić information content (AvgIpc) is 2.49. The van der Waals surface area contributed by atoms with Crippen LogP contribution in [-0.4, -0.2) is 12.6 Å². The molecule has 0 radical (unpaired) electrons. The van der Waals surface area contributed by atoms with E-state index in [0.29, 0.717) is 11.6 Å². The van der Waals surface area contributed by atoms with E-state index in [2.05, 4.69) is 36.6 Å². The van der Waals surface area contributed by atoms with Crippen LogP contribution in [0.5, 0.6) is 0 Å². The Morgan fingerprint density at radius 3 is 2.45 bits per heavy atom. The van der Waals surface area contributed by atoms with E-state index in [0.717, 1.165) is 11.3 Å². The number of halogens is 1. The maximum atomic E-state index is 12.1.